The Morgan fingerprint density at radius 1 is 1.39 bits per heavy atom. The molecule has 1 aliphatic rings. The summed E-state index contributed by atoms with van der Waals surface area (Å²) >= 11 is 0. The van der Waals surface area contributed by atoms with Gasteiger partial charge in [0.25, 0.3) is 0 Å². The normalized spacial score (nSPS) is 15.2. The molecule has 7 nitrogen and oxygen atoms in total. The Morgan fingerprint density at radius 3 is 2.78 bits per heavy atom. The molecule has 0 radical (unpaired) electrons. The summed E-state index contributed by atoms with van der Waals surface area (Å²) in [5.74, 6) is -0.0338. The number of ketones is 1. The van der Waals surface area contributed by atoms with Crippen LogP contribution in [0.4, 0.5) is 4.79 Å². The van der Waals surface area contributed by atoms with Crippen LogP contribution in [0, 0.1) is 0 Å². The highest BCUT2D eigenvalue weighted by Gasteiger charge is 2.25. The van der Waals surface area contributed by atoms with Gasteiger partial charge in [-0.15, -0.1) is 5.10 Å². The molecule has 1 N–H and O–H groups in total. The topological polar surface area (TPSA) is 86.1 Å². The van der Waals surface area contributed by atoms with Gasteiger partial charge in [-0.3, -0.25) is 4.79 Å². The second-order valence-electron chi connectivity index (χ2n) is 5.19. The Bertz CT molecular complexity index is 487. The number of hydrogen-bond donors (Lipinski definition) is 1. The van der Waals surface area contributed by atoms with Crippen LogP contribution in [0.25, 0.3) is 0 Å². The minimum Gasteiger partial charge on any atom is -0.443 e. The summed E-state index contributed by atoms with van der Waals surface area (Å²) in [5.41, 5.74) is 2.85. The van der Waals surface area contributed by atoms with Gasteiger partial charge < -0.3 is 4.74 Å². The lowest BCUT2D eigenvalue weighted by Crippen LogP contribution is -2.33. The summed E-state index contributed by atoms with van der Waals surface area (Å²) in [4.78, 5) is 24.4. The predicted molar refractivity (Wildman–Crippen MR) is 62.9 cm³/mol. The molecule has 0 aromatic carbocycles. The van der Waals surface area contributed by atoms with E-state index in [0.29, 0.717) is 24.2 Å². The van der Waals surface area contributed by atoms with Crippen LogP contribution >= 0.6 is 0 Å². The second kappa shape index (κ2) is 4.40. The number of aromatic nitrogens is 3. The molecule has 0 aliphatic heterocycles. The first kappa shape index (κ1) is 12.5. The zero-order valence-corrected chi connectivity index (χ0v) is 10.7. The van der Waals surface area contributed by atoms with Gasteiger partial charge in [-0.05, 0) is 38.8 Å². The summed E-state index contributed by atoms with van der Waals surface area (Å²) in [5, 5.41) is 7.53. The van der Waals surface area contributed by atoms with Crippen LogP contribution < -0.4 is 5.43 Å². The molecule has 7 heteroatoms. The highest BCUT2D eigenvalue weighted by Crippen LogP contribution is 2.18. The van der Waals surface area contributed by atoms with Gasteiger partial charge in [0, 0.05) is 6.42 Å². The Labute approximate surface area is 104 Å². The zero-order chi connectivity index (χ0) is 13.3. The number of carbonyl (C=O) groups excluding carboxylic acids is 2. The average Bonchev–Trinajstić information content (AvgIpc) is 2.60. The quantitative estimate of drug-likeness (QED) is 0.813. The summed E-state index contributed by atoms with van der Waals surface area (Å²) in [6.07, 6.45) is 1.28. The van der Waals surface area contributed by atoms with Gasteiger partial charge in [-0.25, -0.2) is 10.2 Å². The summed E-state index contributed by atoms with van der Waals surface area (Å²) in [6.45, 7) is 5.31. The Hall–Kier alpha value is -1.92. The Balaban J connectivity index is 2.11. The molecule has 1 heterocycles. The van der Waals surface area contributed by atoms with Crippen LogP contribution in [-0.2, 0) is 11.2 Å². The minimum absolute atomic E-state index is 0.0338. The fourth-order valence-corrected chi connectivity index (χ4v) is 1.75. The molecule has 0 atom stereocenters. The highest BCUT2D eigenvalue weighted by molar-refractivity contribution is 5.96. The lowest BCUT2D eigenvalue weighted by Gasteiger charge is -2.20. The van der Waals surface area contributed by atoms with Gasteiger partial charge in [0.1, 0.15) is 5.60 Å². The smallest absolute Gasteiger partial charge is 0.428 e. The number of Topliss-reactive ketones (excluding diaryl/α,β-unsaturated/α-hetero) is 1. The third kappa shape index (κ3) is 2.66. The predicted octanol–water partition coefficient (Wildman–Crippen LogP) is 1.28. The SMILES string of the molecule is CC(C)(C)OC(=O)Nn1nnc2c1CCCC2=O. The molecular weight excluding hydrogens is 236 g/mol. The standard InChI is InChI=1S/C11H16N4O3/c1-11(2,3)18-10(17)13-15-7-5-4-6-8(16)9(7)12-14-15/h4-6H2,1-3H3,(H,13,17). The molecule has 0 spiro atoms. The molecule has 0 saturated carbocycles. The molecule has 1 aromatic heterocycles. The van der Waals surface area contributed by atoms with E-state index in [-0.39, 0.29) is 5.78 Å². The van der Waals surface area contributed by atoms with Crippen molar-refractivity contribution in [1.82, 2.24) is 15.1 Å². The molecule has 1 amide bonds. The maximum Gasteiger partial charge on any atom is 0.428 e. The first-order valence-electron chi connectivity index (χ1n) is 5.84. The number of carbonyl (C=O) groups is 2. The summed E-state index contributed by atoms with van der Waals surface area (Å²) in [6, 6.07) is 0. The van der Waals surface area contributed by atoms with Gasteiger partial charge in [0.05, 0.1) is 5.69 Å². The van der Waals surface area contributed by atoms with Crippen LogP contribution in [0.15, 0.2) is 0 Å². The van der Waals surface area contributed by atoms with Crippen LogP contribution in [0.2, 0.25) is 0 Å². The van der Waals surface area contributed by atoms with Crippen molar-refractivity contribution in [2.45, 2.75) is 45.6 Å². The number of nitrogens with one attached hydrogen (secondary N) is 1. The number of ether oxygens (including phenoxy) is 1. The number of hydrogen-bond acceptors (Lipinski definition) is 5. The van der Waals surface area contributed by atoms with Crippen LogP contribution in [-0.4, -0.2) is 32.6 Å². The van der Waals surface area contributed by atoms with Crippen LogP contribution in [0.1, 0.15) is 49.8 Å². The van der Waals surface area contributed by atoms with E-state index >= 15 is 0 Å². The van der Waals surface area contributed by atoms with Crippen molar-refractivity contribution >= 4 is 11.9 Å². The van der Waals surface area contributed by atoms with Gasteiger partial charge in [-0.1, -0.05) is 0 Å². The monoisotopic (exact) mass is 252 g/mol. The van der Waals surface area contributed by atoms with E-state index in [1.165, 1.54) is 4.79 Å². The van der Waals surface area contributed by atoms with E-state index in [4.69, 9.17) is 4.74 Å². The lowest BCUT2D eigenvalue weighted by molar-refractivity contribution is 0.0607. The Morgan fingerprint density at radius 2 is 2.11 bits per heavy atom. The number of rotatable bonds is 1. The fourth-order valence-electron chi connectivity index (χ4n) is 1.75. The largest absolute Gasteiger partial charge is 0.443 e. The zero-order valence-electron chi connectivity index (χ0n) is 10.7. The summed E-state index contributed by atoms with van der Waals surface area (Å²) < 4.78 is 5.11. The van der Waals surface area contributed by atoms with E-state index in [9.17, 15) is 9.59 Å². The highest BCUT2D eigenvalue weighted by atomic mass is 16.6. The first-order chi connectivity index (χ1) is 8.37. The van der Waals surface area contributed by atoms with E-state index in [2.05, 4.69) is 15.7 Å². The second-order valence-corrected chi connectivity index (χ2v) is 5.19. The number of amides is 1. The van der Waals surface area contributed by atoms with Crippen molar-refractivity contribution < 1.29 is 14.3 Å². The van der Waals surface area contributed by atoms with Crippen molar-refractivity contribution in [2.75, 3.05) is 5.43 Å². The van der Waals surface area contributed by atoms with E-state index in [1.54, 1.807) is 20.8 Å². The number of fused-ring (bicyclic) bond motifs is 1. The first-order valence-corrected chi connectivity index (χ1v) is 5.84. The minimum atomic E-state index is -0.617. The van der Waals surface area contributed by atoms with Gasteiger partial charge in [0.15, 0.2) is 11.5 Å². The average molecular weight is 252 g/mol. The Kier molecular flexibility index (Phi) is 3.06. The molecule has 1 aromatic rings. The molecule has 18 heavy (non-hydrogen) atoms. The third-order valence-electron chi connectivity index (χ3n) is 2.44. The maximum atomic E-state index is 11.6. The molecular formula is C11H16N4O3. The van der Waals surface area contributed by atoms with Crippen LogP contribution in [0.5, 0.6) is 0 Å². The van der Waals surface area contributed by atoms with Crippen molar-refractivity contribution in [3.63, 3.8) is 0 Å². The molecule has 98 valence electrons. The lowest BCUT2D eigenvalue weighted by atomic mass is 10.0. The van der Waals surface area contributed by atoms with Crippen LogP contribution in [0.3, 0.4) is 0 Å². The van der Waals surface area contributed by atoms with Crippen molar-refractivity contribution in [2.24, 2.45) is 0 Å². The fraction of sp³-hybridized carbons (Fsp3) is 0.636. The number of nitrogens with zero attached hydrogens (tertiary/aromatic N) is 3. The van der Waals surface area contributed by atoms with Crippen molar-refractivity contribution in [3.05, 3.63) is 11.4 Å². The van der Waals surface area contributed by atoms with E-state index in [0.717, 1.165) is 6.42 Å². The molecule has 0 saturated heterocycles. The van der Waals surface area contributed by atoms with Gasteiger partial charge >= 0.3 is 6.09 Å². The van der Waals surface area contributed by atoms with E-state index in [1.807, 2.05) is 0 Å². The molecule has 0 fully saturated rings. The van der Waals surface area contributed by atoms with Crippen molar-refractivity contribution in [3.8, 4) is 0 Å². The summed E-state index contributed by atoms with van der Waals surface area (Å²) in [7, 11) is 0. The van der Waals surface area contributed by atoms with Crippen molar-refractivity contribution in [1.29, 1.82) is 0 Å². The third-order valence-corrected chi connectivity index (χ3v) is 2.44. The molecule has 0 unspecified atom stereocenters. The van der Waals surface area contributed by atoms with E-state index < -0.39 is 11.7 Å². The molecule has 2 rings (SSSR count). The molecule has 1 aliphatic carbocycles. The molecule has 0 bridgehead atoms. The maximum absolute atomic E-state index is 11.6. The van der Waals surface area contributed by atoms with Gasteiger partial charge in [0.2, 0.25) is 0 Å². The van der Waals surface area contributed by atoms with Gasteiger partial charge in [-0.2, -0.15) is 4.79 Å².